The summed E-state index contributed by atoms with van der Waals surface area (Å²) in [6.07, 6.45) is 6.17. The fourth-order valence-electron chi connectivity index (χ4n) is 2.10. The van der Waals surface area contributed by atoms with E-state index in [0.29, 0.717) is 11.9 Å². The molecule has 1 aromatic heterocycles. The lowest BCUT2D eigenvalue weighted by atomic mass is 10.0. The molecule has 0 saturated heterocycles. The first kappa shape index (κ1) is 13.3. The number of phenolic OH excluding ortho intramolecular Hbond substituents is 1. The SMILES string of the molecule is C/C=C\N(C)CCc1cc(F)c(O)c2ncccc12. The lowest BCUT2D eigenvalue weighted by molar-refractivity contribution is 0.435. The smallest absolute Gasteiger partial charge is 0.178 e. The number of fused-ring (bicyclic) bond motifs is 1. The lowest BCUT2D eigenvalue weighted by Gasteiger charge is -2.15. The van der Waals surface area contributed by atoms with Crippen molar-refractivity contribution in [3.63, 3.8) is 0 Å². The van der Waals surface area contributed by atoms with Gasteiger partial charge in [0.05, 0.1) is 0 Å². The molecule has 0 unspecified atom stereocenters. The van der Waals surface area contributed by atoms with Crippen LogP contribution in [0.15, 0.2) is 36.7 Å². The summed E-state index contributed by atoms with van der Waals surface area (Å²) in [4.78, 5) is 6.08. The second-order valence-corrected chi connectivity index (χ2v) is 4.48. The third-order valence-electron chi connectivity index (χ3n) is 3.04. The van der Waals surface area contributed by atoms with E-state index < -0.39 is 5.82 Å². The molecule has 0 spiro atoms. The van der Waals surface area contributed by atoms with Crippen molar-refractivity contribution in [2.75, 3.05) is 13.6 Å². The number of aromatic nitrogens is 1. The molecule has 1 aromatic carbocycles. The van der Waals surface area contributed by atoms with Gasteiger partial charge in [0, 0.05) is 25.2 Å². The predicted octanol–water partition coefficient (Wildman–Crippen LogP) is 3.09. The maximum Gasteiger partial charge on any atom is 0.178 e. The number of hydrogen-bond acceptors (Lipinski definition) is 3. The van der Waals surface area contributed by atoms with Gasteiger partial charge in [-0.25, -0.2) is 4.39 Å². The van der Waals surface area contributed by atoms with Gasteiger partial charge in [-0.1, -0.05) is 12.1 Å². The maximum absolute atomic E-state index is 13.7. The van der Waals surface area contributed by atoms with Crippen molar-refractivity contribution in [1.29, 1.82) is 0 Å². The van der Waals surface area contributed by atoms with Gasteiger partial charge in [-0.05, 0) is 37.2 Å². The van der Waals surface area contributed by atoms with Gasteiger partial charge in [-0.15, -0.1) is 0 Å². The highest BCUT2D eigenvalue weighted by atomic mass is 19.1. The molecule has 0 saturated carbocycles. The number of allylic oxidation sites excluding steroid dienone is 1. The number of halogens is 1. The molecule has 0 aliphatic rings. The zero-order chi connectivity index (χ0) is 13.8. The molecule has 0 radical (unpaired) electrons. The van der Waals surface area contributed by atoms with Crippen LogP contribution < -0.4 is 0 Å². The number of hydrogen-bond donors (Lipinski definition) is 1. The van der Waals surface area contributed by atoms with E-state index in [4.69, 9.17) is 0 Å². The number of rotatable bonds is 4. The fraction of sp³-hybridized carbons (Fsp3) is 0.267. The second-order valence-electron chi connectivity index (χ2n) is 4.48. The molecule has 4 heteroatoms. The van der Waals surface area contributed by atoms with Crippen LogP contribution in [0.2, 0.25) is 0 Å². The van der Waals surface area contributed by atoms with Crippen molar-refractivity contribution >= 4 is 10.9 Å². The number of pyridine rings is 1. The predicted molar refractivity (Wildman–Crippen MR) is 74.5 cm³/mol. The monoisotopic (exact) mass is 260 g/mol. The summed E-state index contributed by atoms with van der Waals surface area (Å²) in [6, 6.07) is 5.04. The van der Waals surface area contributed by atoms with Gasteiger partial charge in [0.1, 0.15) is 5.52 Å². The van der Waals surface area contributed by atoms with Gasteiger partial charge in [0.25, 0.3) is 0 Å². The Hall–Kier alpha value is -2.10. The van der Waals surface area contributed by atoms with Gasteiger partial charge in [-0.3, -0.25) is 4.98 Å². The molecular weight excluding hydrogens is 243 g/mol. The van der Waals surface area contributed by atoms with E-state index in [0.717, 1.165) is 17.5 Å². The largest absolute Gasteiger partial charge is 0.503 e. The van der Waals surface area contributed by atoms with E-state index in [-0.39, 0.29) is 5.75 Å². The topological polar surface area (TPSA) is 36.4 Å². The van der Waals surface area contributed by atoms with Gasteiger partial charge in [0.2, 0.25) is 0 Å². The van der Waals surface area contributed by atoms with E-state index in [9.17, 15) is 9.50 Å². The van der Waals surface area contributed by atoms with Crippen LogP contribution in [0.1, 0.15) is 12.5 Å². The summed E-state index contributed by atoms with van der Waals surface area (Å²) in [5.41, 5.74) is 1.18. The van der Waals surface area contributed by atoms with E-state index in [1.54, 1.807) is 12.3 Å². The molecule has 0 atom stereocenters. The molecule has 3 nitrogen and oxygen atoms in total. The van der Waals surface area contributed by atoms with E-state index in [1.807, 2.05) is 37.2 Å². The Balaban J connectivity index is 2.35. The van der Waals surface area contributed by atoms with Crippen LogP contribution in [0.25, 0.3) is 10.9 Å². The Morgan fingerprint density at radius 3 is 3.00 bits per heavy atom. The molecule has 0 aliphatic carbocycles. The van der Waals surface area contributed by atoms with Crippen LogP contribution in [-0.4, -0.2) is 28.6 Å². The van der Waals surface area contributed by atoms with Crippen molar-refractivity contribution < 1.29 is 9.50 Å². The van der Waals surface area contributed by atoms with Crippen molar-refractivity contribution in [2.24, 2.45) is 0 Å². The minimum atomic E-state index is -0.616. The van der Waals surface area contributed by atoms with Crippen LogP contribution in [0.4, 0.5) is 4.39 Å². The van der Waals surface area contributed by atoms with Crippen molar-refractivity contribution in [1.82, 2.24) is 9.88 Å². The summed E-state index contributed by atoms with van der Waals surface area (Å²) < 4.78 is 13.7. The highest BCUT2D eigenvalue weighted by molar-refractivity contribution is 5.87. The summed E-state index contributed by atoms with van der Waals surface area (Å²) in [6.45, 7) is 2.73. The summed E-state index contributed by atoms with van der Waals surface area (Å²) in [5.74, 6) is -0.990. The molecule has 19 heavy (non-hydrogen) atoms. The van der Waals surface area contributed by atoms with Gasteiger partial charge >= 0.3 is 0 Å². The lowest BCUT2D eigenvalue weighted by Crippen LogP contribution is -2.14. The molecule has 0 fully saturated rings. The Kier molecular flexibility index (Phi) is 4.00. The van der Waals surface area contributed by atoms with Gasteiger partial charge < -0.3 is 10.0 Å². The maximum atomic E-state index is 13.7. The Morgan fingerprint density at radius 1 is 1.47 bits per heavy atom. The zero-order valence-electron chi connectivity index (χ0n) is 11.1. The van der Waals surface area contributed by atoms with Crippen LogP contribution in [0.3, 0.4) is 0 Å². The van der Waals surface area contributed by atoms with Crippen molar-refractivity contribution in [2.45, 2.75) is 13.3 Å². The molecule has 0 bridgehead atoms. The van der Waals surface area contributed by atoms with Gasteiger partial charge in [0.15, 0.2) is 11.6 Å². The summed E-state index contributed by atoms with van der Waals surface area (Å²) >= 11 is 0. The zero-order valence-corrected chi connectivity index (χ0v) is 11.1. The first-order valence-corrected chi connectivity index (χ1v) is 6.21. The van der Waals surface area contributed by atoms with E-state index in [2.05, 4.69) is 4.98 Å². The minimum Gasteiger partial charge on any atom is -0.503 e. The first-order valence-electron chi connectivity index (χ1n) is 6.21. The number of nitrogens with zero attached hydrogens (tertiary/aromatic N) is 2. The minimum absolute atomic E-state index is 0.325. The third-order valence-corrected chi connectivity index (χ3v) is 3.04. The molecule has 0 amide bonds. The first-order chi connectivity index (χ1) is 9.13. The van der Waals surface area contributed by atoms with E-state index in [1.165, 1.54) is 6.07 Å². The highest BCUT2D eigenvalue weighted by Crippen LogP contribution is 2.29. The Morgan fingerprint density at radius 2 is 2.26 bits per heavy atom. The van der Waals surface area contributed by atoms with Crippen LogP contribution in [0, 0.1) is 5.82 Å². The number of phenols is 1. The molecule has 2 rings (SSSR count). The van der Waals surface area contributed by atoms with Gasteiger partial charge in [-0.2, -0.15) is 0 Å². The Bertz CT molecular complexity index is 610. The highest BCUT2D eigenvalue weighted by Gasteiger charge is 2.12. The van der Waals surface area contributed by atoms with Crippen LogP contribution in [-0.2, 0) is 6.42 Å². The molecule has 2 aromatic rings. The number of benzene rings is 1. The molecule has 100 valence electrons. The quantitative estimate of drug-likeness (QED) is 0.917. The standard InChI is InChI=1S/C15H17FN2O/c1-3-8-18(2)9-6-11-10-13(16)15(19)14-12(11)5-4-7-17-14/h3-5,7-8,10,19H,6,9H2,1-2H3/b8-3-. The number of aromatic hydroxyl groups is 1. The van der Waals surface area contributed by atoms with Crippen molar-refractivity contribution in [3.05, 3.63) is 48.1 Å². The molecule has 0 aliphatic heterocycles. The molecule has 1 heterocycles. The third kappa shape index (κ3) is 2.84. The second kappa shape index (κ2) is 5.69. The number of likely N-dealkylation sites (N-methyl/N-ethyl adjacent to an activating group) is 1. The van der Waals surface area contributed by atoms with Crippen LogP contribution in [0.5, 0.6) is 5.75 Å². The normalized spacial score (nSPS) is 11.3. The molecular formula is C15H17FN2O. The van der Waals surface area contributed by atoms with Crippen molar-refractivity contribution in [3.8, 4) is 5.75 Å². The Labute approximate surface area is 112 Å². The summed E-state index contributed by atoms with van der Waals surface area (Å²) in [7, 11) is 1.97. The fourth-order valence-corrected chi connectivity index (χ4v) is 2.10. The average molecular weight is 260 g/mol. The van der Waals surface area contributed by atoms with Crippen LogP contribution >= 0.6 is 0 Å². The summed E-state index contributed by atoms with van der Waals surface area (Å²) in [5, 5.41) is 10.5. The molecule has 1 N–H and O–H groups in total. The average Bonchev–Trinajstić information content (AvgIpc) is 2.42. The van der Waals surface area contributed by atoms with E-state index >= 15 is 0 Å².